The maximum absolute atomic E-state index is 14.3. The van der Waals surface area contributed by atoms with Crippen molar-refractivity contribution in [1.82, 2.24) is 10.2 Å². The second-order valence-electron chi connectivity index (χ2n) is 6.29. The lowest BCUT2D eigenvalue weighted by Gasteiger charge is -2.27. The molecule has 27 heavy (non-hydrogen) atoms. The molecule has 2 heterocycles. The largest absolute Gasteiger partial charge is 0.320 e. The first-order valence-electron chi connectivity index (χ1n) is 8.48. The number of nitrogens with zero attached hydrogens (tertiary/aromatic N) is 2. The zero-order valence-electron chi connectivity index (χ0n) is 14.3. The average molecular weight is 361 g/mol. The van der Waals surface area contributed by atoms with E-state index >= 15 is 0 Å². The van der Waals surface area contributed by atoms with Gasteiger partial charge in [0.05, 0.1) is 0 Å². The SMILES string of the molecule is O=C(NC1(Cc2ccccc2F)N=C2C=CC=CN2C1=O)c1ccccc1. The summed E-state index contributed by atoms with van der Waals surface area (Å²) >= 11 is 0. The Balaban J connectivity index is 1.74. The standard InChI is InChI=1S/C21H16FN3O2/c22-17-11-5-4-10-16(17)14-21(24-19(26)15-8-2-1-3-9-15)20(27)25-13-7-6-12-18(25)23-21/h1-13H,14H2,(H,24,26). The van der Waals surface area contributed by atoms with Gasteiger partial charge in [-0.25, -0.2) is 9.38 Å². The van der Waals surface area contributed by atoms with E-state index in [0.717, 1.165) is 0 Å². The summed E-state index contributed by atoms with van der Waals surface area (Å²) in [6.45, 7) is 0. The van der Waals surface area contributed by atoms with Crippen LogP contribution in [0.3, 0.4) is 0 Å². The Morgan fingerprint density at radius 3 is 2.56 bits per heavy atom. The number of aliphatic imine (C=N–C) groups is 1. The van der Waals surface area contributed by atoms with Crippen LogP contribution in [-0.2, 0) is 11.2 Å². The number of amidine groups is 1. The van der Waals surface area contributed by atoms with E-state index in [9.17, 15) is 14.0 Å². The van der Waals surface area contributed by atoms with Gasteiger partial charge in [0.15, 0.2) is 0 Å². The van der Waals surface area contributed by atoms with Crippen LogP contribution in [0.15, 0.2) is 84.0 Å². The van der Waals surface area contributed by atoms with Crippen LogP contribution in [0, 0.1) is 5.82 Å². The highest BCUT2D eigenvalue weighted by molar-refractivity contribution is 6.15. The van der Waals surface area contributed by atoms with Gasteiger partial charge in [0.2, 0.25) is 5.66 Å². The minimum absolute atomic E-state index is 0.0846. The summed E-state index contributed by atoms with van der Waals surface area (Å²) in [5, 5.41) is 2.74. The minimum Gasteiger partial charge on any atom is -0.320 e. The van der Waals surface area contributed by atoms with Gasteiger partial charge in [-0.1, -0.05) is 42.5 Å². The van der Waals surface area contributed by atoms with Crippen molar-refractivity contribution >= 4 is 17.6 Å². The molecule has 4 rings (SSSR count). The quantitative estimate of drug-likeness (QED) is 0.910. The minimum atomic E-state index is -1.61. The molecular formula is C21H16FN3O2. The molecule has 2 aliphatic rings. The Morgan fingerprint density at radius 1 is 1.07 bits per heavy atom. The highest BCUT2D eigenvalue weighted by Gasteiger charge is 2.49. The summed E-state index contributed by atoms with van der Waals surface area (Å²) in [4.78, 5) is 31.7. The summed E-state index contributed by atoms with van der Waals surface area (Å²) in [5.41, 5.74) is -0.908. The van der Waals surface area contributed by atoms with Crippen LogP contribution in [0.2, 0.25) is 0 Å². The molecule has 5 nitrogen and oxygen atoms in total. The number of carbonyl (C=O) groups is 2. The van der Waals surface area contributed by atoms with Crippen LogP contribution >= 0.6 is 0 Å². The molecule has 1 unspecified atom stereocenters. The molecule has 0 fully saturated rings. The molecule has 1 N–H and O–H groups in total. The third-order valence-electron chi connectivity index (χ3n) is 4.48. The van der Waals surface area contributed by atoms with Gasteiger partial charge in [-0.05, 0) is 35.9 Å². The molecule has 0 saturated heterocycles. The van der Waals surface area contributed by atoms with Crippen molar-refractivity contribution in [1.29, 1.82) is 0 Å². The van der Waals surface area contributed by atoms with Crippen LogP contribution < -0.4 is 5.32 Å². The Hall–Kier alpha value is -3.54. The van der Waals surface area contributed by atoms with E-state index in [4.69, 9.17) is 0 Å². The molecule has 0 radical (unpaired) electrons. The summed E-state index contributed by atoms with van der Waals surface area (Å²) in [5.74, 6) is -0.912. The van der Waals surface area contributed by atoms with Gasteiger partial charge in [0.25, 0.3) is 11.8 Å². The maximum atomic E-state index is 14.3. The number of benzene rings is 2. The second kappa shape index (κ2) is 6.64. The van der Waals surface area contributed by atoms with Gasteiger partial charge in [0, 0.05) is 18.2 Å². The topological polar surface area (TPSA) is 61.8 Å². The molecule has 0 aliphatic carbocycles. The van der Waals surface area contributed by atoms with E-state index in [1.807, 2.05) is 0 Å². The number of rotatable bonds is 4. The summed E-state index contributed by atoms with van der Waals surface area (Å²) in [6.07, 6.45) is 6.63. The van der Waals surface area contributed by atoms with Crippen LogP contribution in [0.5, 0.6) is 0 Å². The zero-order valence-corrected chi connectivity index (χ0v) is 14.3. The van der Waals surface area contributed by atoms with Gasteiger partial charge < -0.3 is 5.32 Å². The van der Waals surface area contributed by atoms with E-state index in [1.165, 1.54) is 11.0 Å². The van der Waals surface area contributed by atoms with Crippen molar-refractivity contribution in [3.63, 3.8) is 0 Å². The van der Waals surface area contributed by atoms with E-state index in [1.54, 1.807) is 73.0 Å². The van der Waals surface area contributed by atoms with Gasteiger partial charge in [0.1, 0.15) is 11.7 Å². The van der Waals surface area contributed by atoms with E-state index in [2.05, 4.69) is 10.3 Å². The summed E-state index contributed by atoms with van der Waals surface area (Å²) in [7, 11) is 0. The van der Waals surface area contributed by atoms with Crippen molar-refractivity contribution in [3.8, 4) is 0 Å². The first-order chi connectivity index (χ1) is 13.1. The van der Waals surface area contributed by atoms with Crippen molar-refractivity contribution in [2.75, 3.05) is 0 Å². The fraction of sp³-hybridized carbons (Fsp3) is 0.0952. The van der Waals surface area contributed by atoms with E-state index in [0.29, 0.717) is 17.0 Å². The molecule has 2 aromatic carbocycles. The third kappa shape index (κ3) is 3.06. The molecule has 1 atom stereocenters. The number of fused-ring (bicyclic) bond motifs is 1. The highest BCUT2D eigenvalue weighted by atomic mass is 19.1. The molecule has 2 aromatic rings. The van der Waals surface area contributed by atoms with Gasteiger partial charge >= 0.3 is 0 Å². The van der Waals surface area contributed by atoms with Crippen LogP contribution in [0.1, 0.15) is 15.9 Å². The summed E-state index contributed by atoms with van der Waals surface area (Å²) in [6, 6.07) is 14.7. The lowest BCUT2D eigenvalue weighted by Crippen LogP contribution is -2.55. The fourth-order valence-corrected chi connectivity index (χ4v) is 3.15. The third-order valence-corrected chi connectivity index (χ3v) is 4.48. The van der Waals surface area contributed by atoms with Crippen LogP contribution in [-0.4, -0.2) is 28.2 Å². The Bertz CT molecular complexity index is 997. The van der Waals surface area contributed by atoms with Gasteiger partial charge in [-0.15, -0.1) is 0 Å². The molecule has 2 amide bonds. The van der Waals surface area contributed by atoms with E-state index < -0.39 is 23.3 Å². The normalized spacial score (nSPS) is 20.4. The molecule has 6 heteroatoms. The number of carbonyl (C=O) groups excluding carboxylic acids is 2. The monoisotopic (exact) mass is 361 g/mol. The maximum Gasteiger partial charge on any atom is 0.281 e. The Kier molecular flexibility index (Phi) is 4.16. The first-order valence-corrected chi connectivity index (χ1v) is 8.48. The molecular weight excluding hydrogens is 345 g/mol. The van der Waals surface area contributed by atoms with Crippen LogP contribution in [0.4, 0.5) is 4.39 Å². The number of nitrogens with one attached hydrogen (secondary N) is 1. The first kappa shape index (κ1) is 16.9. The van der Waals surface area contributed by atoms with Gasteiger partial charge in [-0.2, -0.15) is 0 Å². The second-order valence-corrected chi connectivity index (χ2v) is 6.29. The smallest absolute Gasteiger partial charge is 0.281 e. The predicted octanol–water partition coefficient (Wildman–Crippen LogP) is 2.82. The van der Waals surface area contributed by atoms with Crippen molar-refractivity contribution in [2.45, 2.75) is 12.1 Å². The summed E-state index contributed by atoms with van der Waals surface area (Å²) < 4.78 is 14.3. The molecule has 134 valence electrons. The number of hydrogen-bond donors (Lipinski definition) is 1. The lowest BCUT2D eigenvalue weighted by atomic mass is 9.98. The average Bonchev–Trinajstić information content (AvgIpc) is 2.96. The molecule has 0 saturated carbocycles. The number of hydrogen-bond acceptors (Lipinski definition) is 3. The van der Waals surface area contributed by atoms with Crippen molar-refractivity contribution in [2.24, 2.45) is 4.99 Å². The Labute approximate surface area is 155 Å². The number of amides is 2. The molecule has 2 aliphatic heterocycles. The number of allylic oxidation sites excluding steroid dienone is 2. The lowest BCUT2D eigenvalue weighted by molar-refractivity contribution is -0.130. The number of halogens is 1. The molecule has 0 spiro atoms. The highest BCUT2D eigenvalue weighted by Crippen LogP contribution is 2.28. The van der Waals surface area contributed by atoms with E-state index in [-0.39, 0.29) is 6.42 Å². The van der Waals surface area contributed by atoms with Gasteiger partial charge in [-0.3, -0.25) is 14.5 Å². The van der Waals surface area contributed by atoms with Crippen molar-refractivity contribution < 1.29 is 14.0 Å². The Morgan fingerprint density at radius 2 is 1.81 bits per heavy atom. The van der Waals surface area contributed by atoms with Crippen LogP contribution in [0.25, 0.3) is 0 Å². The molecule has 0 bridgehead atoms. The molecule has 0 aromatic heterocycles. The fourth-order valence-electron chi connectivity index (χ4n) is 3.15. The van der Waals surface area contributed by atoms with Crippen molar-refractivity contribution in [3.05, 3.63) is 96.0 Å². The predicted molar refractivity (Wildman–Crippen MR) is 99.3 cm³/mol. The zero-order chi connectivity index (χ0) is 18.9.